The zero-order chi connectivity index (χ0) is 13.9. The summed E-state index contributed by atoms with van der Waals surface area (Å²) in [7, 11) is -2.72. The zero-order valence-electron chi connectivity index (χ0n) is 10.2. The minimum absolute atomic E-state index is 0.0698. The van der Waals surface area contributed by atoms with Gasteiger partial charge in [0.05, 0.1) is 12.0 Å². The van der Waals surface area contributed by atoms with Crippen LogP contribution >= 0.6 is 0 Å². The fraction of sp³-hybridized carbons (Fsp3) is 0.364. The minimum Gasteiger partial charge on any atom is -0.468 e. The zero-order valence-corrected chi connectivity index (χ0v) is 11.0. The lowest BCUT2D eigenvalue weighted by atomic mass is 10.2. The summed E-state index contributed by atoms with van der Waals surface area (Å²) >= 11 is 0. The molecule has 5 nitrogen and oxygen atoms in total. The summed E-state index contributed by atoms with van der Waals surface area (Å²) in [4.78, 5) is 11.1. The smallest absolute Gasteiger partial charge is 0.323 e. The number of sulfonamides is 1. The summed E-state index contributed by atoms with van der Waals surface area (Å²) < 4.78 is 43.4. The average Bonchev–Trinajstić information content (AvgIpc) is 2.26. The van der Waals surface area contributed by atoms with Gasteiger partial charge in [-0.3, -0.25) is 4.79 Å². The van der Waals surface area contributed by atoms with Crippen LogP contribution < -0.4 is 4.72 Å². The molecule has 7 heteroatoms. The molecule has 0 aliphatic rings. The average molecular weight is 275 g/mol. The highest BCUT2D eigenvalue weighted by Crippen LogP contribution is 2.16. The van der Waals surface area contributed by atoms with Crippen molar-refractivity contribution in [2.24, 2.45) is 0 Å². The molecule has 1 N–H and O–H groups in total. The molecule has 0 bridgehead atoms. The van der Waals surface area contributed by atoms with Crippen LogP contribution in [0.25, 0.3) is 0 Å². The number of esters is 1. The Balaban J connectivity index is 3.04. The van der Waals surface area contributed by atoms with Gasteiger partial charge in [-0.15, -0.1) is 0 Å². The maximum absolute atomic E-state index is 12.9. The normalized spacial score (nSPS) is 13.1. The summed E-state index contributed by atoms with van der Waals surface area (Å²) in [5.74, 6) is -1.22. The molecule has 0 spiro atoms. The largest absolute Gasteiger partial charge is 0.468 e. The van der Waals surface area contributed by atoms with E-state index >= 15 is 0 Å². The van der Waals surface area contributed by atoms with E-state index in [1.807, 2.05) is 0 Å². The molecule has 1 atom stereocenters. The van der Waals surface area contributed by atoms with Crippen LogP contribution in [0.15, 0.2) is 23.1 Å². The molecule has 1 rings (SSSR count). The molecule has 0 fully saturated rings. The Labute approximate surface area is 105 Å². The molecular weight excluding hydrogens is 261 g/mol. The van der Waals surface area contributed by atoms with Crippen molar-refractivity contribution in [3.8, 4) is 0 Å². The first-order valence-electron chi connectivity index (χ1n) is 5.14. The van der Waals surface area contributed by atoms with E-state index in [-0.39, 0.29) is 10.5 Å². The third kappa shape index (κ3) is 3.27. The third-order valence-electron chi connectivity index (χ3n) is 2.31. The van der Waals surface area contributed by atoms with Gasteiger partial charge in [-0.1, -0.05) is 0 Å². The number of benzene rings is 1. The molecule has 0 saturated heterocycles. The number of halogens is 1. The van der Waals surface area contributed by atoms with Crippen LogP contribution in [0.2, 0.25) is 0 Å². The molecule has 0 aliphatic carbocycles. The minimum atomic E-state index is -3.88. The lowest BCUT2D eigenvalue weighted by Gasteiger charge is -2.13. The van der Waals surface area contributed by atoms with E-state index in [4.69, 9.17) is 0 Å². The molecule has 0 heterocycles. The van der Waals surface area contributed by atoms with Crippen molar-refractivity contribution in [3.05, 3.63) is 29.6 Å². The van der Waals surface area contributed by atoms with Gasteiger partial charge in [0.15, 0.2) is 0 Å². The van der Waals surface area contributed by atoms with Crippen molar-refractivity contribution >= 4 is 16.0 Å². The lowest BCUT2D eigenvalue weighted by molar-refractivity contribution is -0.142. The molecule has 1 aromatic rings. The topological polar surface area (TPSA) is 72.5 Å². The SMILES string of the molecule is COC(=O)[C@H](C)NS(=O)(=O)c1ccc(F)cc1C. The molecular formula is C11H14FNO4S. The highest BCUT2D eigenvalue weighted by molar-refractivity contribution is 7.89. The fourth-order valence-electron chi connectivity index (χ4n) is 1.44. The molecule has 0 aliphatic heterocycles. The number of rotatable bonds is 4. The molecule has 18 heavy (non-hydrogen) atoms. The summed E-state index contributed by atoms with van der Waals surface area (Å²) in [6.07, 6.45) is 0. The summed E-state index contributed by atoms with van der Waals surface area (Å²) in [5.41, 5.74) is 0.263. The predicted octanol–water partition coefficient (Wildman–Crippen LogP) is 0.974. The first-order chi connectivity index (χ1) is 8.27. The van der Waals surface area contributed by atoms with Gasteiger partial charge in [0.2, 0.25) is 10.0 Å². The molecule has 0 unspecified atom stereocenters. The van der Waals surface area contributed by atoms with E-state index in [1.165, 1.54) is 13.8 Å². The van der Waals surface area contributed by atoms with Gasteiger partial charge < -0.3 is 4.74 Å². The molecule has 0 saturated carbocycles. The second kappa shape index (κ2) is 5.45. The number of nitrogens with one attached hydrogen (secondary N) is 1. The van der Waals surface area contributed by atoms with Crippen LogP contribution in [0.1, 0.15) is 12.5 Å². The van der Waals surface area contributed by atoms with E-state index in [1.54, 1.807) is 0 Å². The standard InChI is InChI=1S/C11H14FNO4S/c1-7-6-9(12)4-5-10(7)18(15,16)13-8(2)11(14)17-3/h4-6,8,13H,1-3H3/t8-/m0/s1. The number of hydrogen-bond acceptors (Lipinski definition) is 4. The first-order valence-corrected chi connectivity index (χ1v) is 6.62. The highest BCUT2D eigenvalue weighted by Gasteiger charge is 2.23. The Morgan fingerprint density at radius 1 is 1.44 bits per heavy atom. The first kappa shape index (κ1) is 14.6. The Morgan fingerprint density at radius 2 is 2.06 bits per heavy atom. The number of carbonyl (C=O) groups is 1. The van der Waals surface area contributed by atoms with E-state index < -0.39 is 27.9 Å². The van der Waals surface area contributed by atoms with Gasteiger partial charge in [0.1, 0.15) is 11.9 Å². The second-order valence-corrected chi connectivity index (χ2v) is 5.46. The number of methoxy groups -OCH3 is 1. The van der Waals surface area contributed by atoms with Gasteiger partial charge in [-0.2, -0.15) is 4.72 Å². The predicted molar refractivity (Wildman–Crippen MR) is 62.9 cm³/mol. The molecule has 0 aromatic heterocycles. The van der Waals surface area contributed by atoms with Crippen LogP contribution in [0, 0.1) is 12.7 Å². The van der Waals surface area contributed by atoms with Crippen LogP contribution in [0.4, 0.5) is 4.39 Å². The van der Waals surface area contributed by atoms with E-state index in [2.05, 4.69) is 9.46 Å². The van der Waals surface area contributed by atoms with Crippen LogP contribution in [-0.4, -0.2) is 27.5 Å². The van der Waals surface area contributed by atoms with Gasteiger partial charge in [0.25, 0.3) is 0 Å². The summed E-state index contributed by atoms with van der Waals surface area (Å²) in [5, 5.41) is 0. The maximum Gasteiger partial charge on any atom is 0.323 e. The van der Waals surface area contributed by atoms with Crippen molar-refractivity contribution in [2.75, 3.05) is 7.11 Å². The maximum atomic E-state index is 12.9. The van der Waals surface area contributed by atoms with Crippen molar-refractivity contribution in [1.29, 1.82) is 0 Å². The number of hydrogen-bond donors (Lipinski definition) is 1. The van der Waals surface area contributed by atoms with Crippen molar-refractivity contribution < 1.29 is 22.3 Å². The van der Waals surface area contributed by atoms with Gasteiger partial charge >= 0.3 is 5.97 Å². The van der Waals surface area contributed by atoms with Gasteiger partial charge in [-0.25, -0.2) is 12.8 Å². The summed E-state index contributed by atoms with van der Waals surface area (Å²) in [6.45, 7) is 2.84. The molecule has 0 amide bonds. The van der Waals surface area contributed by atoms with E-state index in [9.17, 15) is 17.6 Å². The van der Waals surface area contributed by atoms with Crippen molar-refractivity contribution in [1.82, 2.24) is 4.72 Å². The van der Waals surface area contributed by atoms with Crippen LogP contribution in [0.3, 0.4) is 0 Å². The third-order valence-corrected chi connectivity index (χ3v) is 4.01. The lowest BCUT2D eigenvalue weighted by Crippen LogP contribution is -2.39. The summed E-state index contributed by atoms with van der Waals surface area (Å²) in [6, 6.07) is 2.29. The van der Waals surface area contributed by atoms with Crippen LogP contribution in [-0.2, 0) is 19.6 Å². The molecule has 1 aromatic carbocycles. The number of aryl methyl sites for hydroxylation is 1. The Morgan fingerprint density at radius 3 is 2.56 bits per heavy atom. The Hall–Kier alpha value is -1.47. The monoisotopic (exact) mass is 275 g/mol. The molecule has 100 valence electrons. The van der Waals surface area contributed by atoms with E-state index in [0.717, 1.165) is 25.3 Å². The van der Waals surface area contributed by atoms with Crippen molar-refractivity contribution in [2.45, 2.75) is 24.8 Å². The van der Waals surface area contributed by atoms with Gasteiger partial charge in [0, 0.05) is 0 Å². The van der Waals surface area contributed by atoms with Crippen LogP contribution in [0.5, 0.6) is 0 Å². The number of carbonyl (C=O) groups excluding carboxylic acids is 1. The van der Waals surface area contributed by atoms with Gasteiger partial charge in [-0.05, 0) is 37.6 Å². The molecule has 0 radical (unpaired) electrons. The van der Waals surface area contributed by atoms with E-state index in [0.29, 0.717) is 0 Å². The Kier molecular flexibility index (Phi) is 4.42. The Bertz CT molecular complexity index is 556. The second-order valence-electron chi connectivity index (χ2n) is 3.78. The highest BCUT2D eigenvalue weighted by atomic mass is 32.2. The van der Waals surface area contributed by atoms with Crippen molar-refractivity contribution in [3.63, 3.8) is 0 Å². The fourth-order valence-corrected chi connectivity index (χ4v) is 2.85. The quantitative estimate of drug-likeness (QED) is 0.831. The number of ether oxygens (including phenoxy) is 1.